The van der Waals surface area contributed by atoms with Gasteiger partial charge >= 0.3 is 0 Å². The van der Waals surface area contributed by atoms with Crippen LogP contribution in [0, 0.1) is 17.1 Å². The van der Waals surface area contributed by atoms with E-state index in [2.05, 4.69) is 4.72 Å². The van der Waals surface area contributed by atoms with Crippen LogP contribution in [0.15, 0.2) is 18.2 Å². The summed E-state index contributed by atoms with van der Waals surface area (Å²) in [5.74, 6) is -0.489. The number of anilines is 1. The molecule has 0 amide bonds. The Morgan fingerprint density at radius 2 is 2.18 bits per heavy atom. The predicted molar refractivity (Wildman–Crippen MR) is 60.6 cm³/mol. The third-order valence-electron chi connectivity index (χ3n) is 2.06. The molecule has 1 unspecified atom stereocenters. The van der Waals surface area contributed by atoms with E-state index in [0.717, 1.165) is 12.1 Å². The molecule has 0 aliphatic rings. The fourth-order valence-corrected chi connectivity index (χ4v) is 1.85. The van der Waals surface area contributed by atoms with Crippen molar-refractivity contribution in [2.24, 2.45) is 0 Å². The third kappa shape index (κ3) is 3.07. The molecule has 5 nitrogen and oxygen atoms in total. The van der Waals surface area contributed by atoms with E-state index in [1.807, 2.05) is 0 Å². The van der Waals surface area contributed by atoms with Gasteiger partial charge in [-0.15, -0.1) is 0 Å². The molecular weight excluding hydrogens is 247 g/mol. The number of methoxy groups -OCH3 is 1. The Morgan fingerprint density at radius 1 is 1.53 bits per heavy atom. The zero-order valence-electron chi connectivity index (χ0n) is 9.27. The average Bonchev–Trinajstić information content (AvgIpc) is 2.30. The van der Waals surface area contributed by atoms with Crippen molar-refractivity contribution in [3.8, 4) is 11.8 Å². The highest BCUT2D eigenvalue weighted by Gasteiger charge is 2.21. The number of rotatable bonds is 4. The summed E-state index contributed by atoms with van der Waals surface area (Å²) in [4.78, 5) is 0. The van der Waals surface area contributed by atoms with Crippen LogP contribution in [-0.2, 0) is 10.0 Å². The number of ether oxygens (including phenoxy) is 1. The maximum Gasteiger partial charge on any atom is 0.248 e. The second kappa shape index (κ2) is 5.01. The van der Waals surface area contributed by atoms with Crippen LogP contribution in [0.3, 0.4) is 0 Å². The van der Waals surface area contributed by atoms with Crippen LogP contribution >= 0.6 is 0 Å². The van der Waals surface area contributed by atoms with Crippen LogP contribution in [0.2, 0.25) is 0 Å². The highest BCUT2D eigenvalue weighted by atomic mass is 32.2. The van der Waals surface area contributed by atoms with Crippen molar-refractivity contribution in [1.82, 2.24) is 0 Å². The van der Waals surface area contributed by atoms with Gasteiger partial charge in [-0.25, -0.2) is 12.8 Å². The number of nitrogens with zero attached hydrogens (tertiary/aromatic N) is 1. The molecule has 1 atom stereocenters. The third-order valence-corrected chi connectivity index (χ3v) is 3.60. The van der Waals surface area contributed by atoms with Gasteiger partial charge in [0.05, 0.1) is 18.9 Å². The highest BCUT2D eigenvalue weighted by molar-refractivity contribution is 7.93. The first kappa shape index (κ1) is 13.3. The molecule has 1 N–H and O–H groups in total. The van der Waals surface area contributed by atoms with E-state index < -0.39 is 21.1 Å². The minimum atomic E-state index is -3.82. The second-order valence-electron chi connectivity index (χ2n) is 3.26. The van der Waals surface area contributed by atoms with Gasteiger partial charge in [0.2, 0.25) is 10.0 Å². The van der Waals surface area contributed by atoms with Gasteiger partial charge in [0.1, 0.15) is 11.6 Å². The van der Waals surface area contributed by atoms with Crippen LogP contribution < -0.4 is 9.46 Å². The van der Waals surface area contributed by atoms with Gasteiger partial charge in [-0.2, -0.15) is 5.26 Å². The molecule has 0 aliphatic carbocycles. The number of hydrogen-bond acceptors (Lipinski definition) is 4. The standard InChI is InChI=1S/C10H11FN2O3S/c1-7(6-12)17(14,15)13-9-4-3-8(11)5-10(9)16-2/h3-5,7,13H,1-2H3. The molecule has 0 fully saturated rings. The van der Waals surface area contributed by atoms with Crippen LogP contribution in [0.25, 0.3) is 0 Å². The molecule has 0 saturated carbocycles. The Kier molecular flexibility index (Phi) is 3.91. The van der Waals surface area contributed by atoms with Gasteiger partial charge in [0.15, 0.2) is 5.25 Å². The lowest BCUT2D eigenvalue weighted by Gasteiger charge is -2.12. The fraction of sp³-hybridized carbons (Fsp3) is 0.300. The van der Waals surface area contributed by atoms with Crippen molar-refractivity contribution < 1.29 is 17.5 Å². The van der Waals surface area contributed by atoms with E-state index in [1.165, 1.54) is 20.1 Å². The first-order valence-corrected chi connectivity index (χ1v) is 6.20. The molecule has 0 spiro atoms. The van der Waals surface area contributed by atoms with Gasteiger partial charge in [0, 0.05) is 6.07 Å². The SMILES string of the molecule is COc1cc(F)ccc1NS(=O)(=O)C(C)C#N. The molecule has 0 radical (unpaired) electrons. The summed E-state index contributed by atoms with van der Waals surface area (Å²) in [6.07, 6.45) is 0. The van der Waals surface area contributed by atoms with E-state index in [1.54, 1.807) is 6.07 Å². The fourth-order valence-electron chi connectivity index (χ4n) is 1.06. The molecule has 1 rings (SSSR count). The smallest absolute Gasteiger partial charge is 0.248 e. The minimum absolute atomic E-state index is 0.0544. The lowest BCUT2D eigenvalue weighted by Crippen LogP contribution is -2.24. The molecule has 0 aliphatic heterocycles. The van der Waals surface area contributed by atoms with Gasteiger partial charge in [-0.1, -0.05) is 0 Å². The van der Waals surface area contributed by atoms with Gasteiger partial charge in [-0.05, 0) is 19.1 Å². The Bertz CT molecular complexity index is 551. The average molecular weight is 258 g/mol. The largest absolute Gasteiger partial charge is 0.494 e. The molecule has 17 heavy (non-hydrogen) atoms. The molecule has 0 saturated heterocycles. The predicted octanol–water partition coefficient (Wildman–Crippen LogP) is 1.49. The van der Waals surface area contributed by atoms with Crippen molar-refractivity contribution in [2.45, 2.75) is 12.2 Å². The van der Waals surface area contributed by atoms with E-state index in [4.69, 9.17) is 10.00 Å². The molecular formula is C10H11FN2O3S. The van der Waals surface area contributed by atoms with Crippen LogP contribution in [0.5, 0.6) is 5.75 Å². The first-order chi connectivity index (χ1) is 7.90. The van der Waals surface area contributed by atoms with Crippen LogP contribution in [0.4, 0.5) is 10.1 Å². The Labute approximate surface area is 98.9 Å². The minimum Gasteiger partial charge on any atom is -0.494 e. The van der Waals surface area contributed by atoms with E-state index in [0.29, 0.717) is 0 Å². The summed E-state index contributed by atoms with van der Waals surface area (Å²) in [7, 11) is -2.53. The highest BCUT2D eigenvalue weighted by Crippen LogP contribution is 2.26. The summed E-state index contributed by atoms with van der Waals surface area (Å²) < 4.78 is 43.1. The van der Waals surface area contributed by atoms with Crippen molar-refractivity contribution >= 4 is 15.7 Å². The number of hydrogen-bond donors (Lipinski definition) is 1. The summed E-state index contributed by atoms with van der Waals surface area (Å²) in [5, 5.41) is 7.35. The van der Waals surface area contributed by atoms with Crippen molar-refractivity contribution in [3.63, 3.8) is 0 Å². The Balaban J connectivity index is 3.09. The molecule has 1 aromatic carbocycles. The quantitative estimate of drug-likeness (QED) is 0.887. The summed E-state index contributed by atoms with van der Waals surface area (Å²) in [6, 6.07) is 4.99. The number of sulfonamides is 1. The van der Waals surface area contributed by atoms with E-state index in [-0.39, 0.29) is 11.4 Å². The lowest BCUT2D eigenvalue weighted by atomic mass is 10.3. The summed E-state index contributed by atoms with van der Waals surface area (Å²) in [5.41, 5.74) is 0.0935. The van der Waals surface area contributed by atoms with Crippen molar-refractivity contribution in [3.05, 3.63) is 24.0 Å². The lowest BCUT2D eigenvalue weighted by molar-refractivity contribution is 0.413. The molecule has 7 heteroatoms. The zero-order chi connectivity index (χ0) is 13.1. The Hall–Kier alpha value is -1.81. The zero-order valence-corrected chi connectivity index (χ0v) is 10.1. The van der Waals surface area contributed by atoms with E-state index >= 15 is 0 Å². The van der Waals surface area contributed by atoms with Crippen molar-refractivity contribution in [1.29, 1.82) is 5.26 Å². The van der Waals surface area contributed by atoms with Crippen molar-refractivity contribution in [2.75, 3.05) is 11.8 Å². The monoisotopic (exact) mass is 258 g/mol. The van der Waals surface area contributed by atoms with Gasteiger partial charge in [-0.3, -0.25) is 4.72 Å². The van der Waals surface area contributed by atoms with Crippen LogP contribution in [0.1, 0.15) is 6.92 Å². The van der Waals surface area contributed by atoms with Gasteiger partial charge in [0.25, 0.3) is 0 Å². The summed E-state index contributed by atoms with van der Waals surface area (Å²) in [6.45, 7) is 1.25. The second-order valence-corrected chi connectivity index (χ2v) is 5.26. The van der Waals surface area contributed by atoms with Crippen LogP contribution in [-0.4, -0.2) is 20.8 Å². The number of nitriles is 1. The molecule has 0 aromatic heterocycles. The molecule has 0 heterocycles. The van der Waals surface area contributed by atoms with E-state index in [9.17, 15) is 12.8 Å². The number of nitrogens with one attached hydrogen (secondary N) is 1. The molecule has 1 aromatic rings. The molecule has 92 valence electrons. The topological polar surface area (TPSA) is 79.2 Å². The maximum absolute atomic E-state index is 12.9. The Morgan fingerprint density at radius 3 is 2.71 bits per heavy atom. The maximum atomic E-state index is 12.9. The normalized spacial score (nSPS) is 12.6. The first-order valence-electron chi connectivity index (χ1n) is 4.65. The molecule has 0 bridgehead atoms. The van der Waals surface area contributed by atoms with Gasteiger partial charge < -0.3 is 4.74 Å². The summed E-state index contributed by atoms with van der Waals surface area (Å²) >= 11 is 0. The number of halogens is 1. The number of benzene rings is 1.